The first-order chi connectivity index (χ1) is 23.7. The molecule has 264 valence electrons. The minimum absolute atomic E-state index is 0.0740. The van der Waals surface area contributed by atoms with Gasteiger partial charge < -0.3 is 10.2 Å². The normalized spacial score (nSPS) is 14.3. The van der Waals surface area contributed by atoms with Gasteiger partial charge in [-0.05, 0) is 73.4 Å². The molecular weight excluding hydrogens is 710 g/mol. The standard InChI is InChI=1S/C37H36Cl2F3N3O4S/c1-25-14-18-32(19-15-25)50(48,49)45(31-13-7-10-28(21-31)37(40,41)42)24-35(46)44(23-27-16-17-29(38)22-33(27)39)34(20-26-8-3-2-4-9-26)36(47)43-30-11-5-6-12-30/h2-4,7-10,13-19,21-22,30,34H,5-6,11-12,20,23-24H2,1H3,(H,43,47)/t34-/m1/s1. The van der Waals surface area contributed by atoms with Crippen LogP contribution in [-0.4, -0.2) is 43.8 Å². The molecule has 1 fully saturated rings. The van der Waals surface area contributed by atoms with E-state index < -0.39 is 46.2 Å². The molecule has 0 heterocycles. The van der Waals surface area contributed by atoms with E-state index in [-0.39, 0.29) is 34.6 Å². The average Bonchev–Trinajstić information content (AvgIpc) is 3.59. The smallest absolute Gasteiger partial charge is 0.352 e. The van der Waals surface area contributed by atoms with Crippen LogP contribution in [0.25, 0.3) is 0 Å². The first-order valence-corrected chi connectivity index (χ1v) is 18.3. The van der Waals surface area contributed by atoms with Crippen LogP contribution in [-0.2, 0) is 38.8 Å². The van der Waals surface area contributed by atoms with E-state index in [1.807, 2.05) is 18.2 Å². The van der Waals surface area contributed by atoms with Gasteiger partial charge in [0, 0.05) is 29.1 Å². The number of benzene rings is 4. The molecule has 0 aromatic heterocycles. The van der Waals surface area contributed by atoms with Crippen LogP contribution in [0.2, 0.25) is 10.0 Å². The van der Waals surface area contributed by atoms with Crippen molar-refractivity contribution in [1.82, 2.24) is 10.2 Å². The van der Waals surface area contributed by atoms with Gasteiger partial charge in [-0.15, -0.1) is 0 Å². The summed E-state index contributed by atoms with van der Waals surface area (Å²) in [5, 5.41) is 3.63. The zero-order valence-electron chi connectivity index (χ0n) is 27.2. The Hall–Kier alpha value is -4.06. The molecule has 4 aromatic rings. The SMILES string of the molecule is Cc1ccc(S(=O)(=O)N(CC(=O)N(Cc2ccc(Cl)cc2Cl)[C@H](Cc2ccccc2)C(=O)NC2CCCC2)c2cccc(C(F)(F)F)c2)cc1. The fourth-order valence-electron chi connectivity index (χ4n) is 5.96. The third-order valence-electron chi connectivity index (χ3n) is 8.68. The molecule has 50 heavy (non-hydrogen) atoms. The third-order valence-corrected chi connectivity index (χ3v) is 11.1. The summed E-state index contributed by atoms with van der Waals surface area (Å²) < 4.78 is 70.6. The van der Waals surface area contributed by atoms with Crippen molar-refractivity contribution in [2.75, 3.05) is 10.8 Å². The van der Waals surface area contributed by atoms with Crippen molar-refractivity contribution < 1.29 is 31.2 Å². The molecule has 5 rings (SSSR count). The molecule has 0 radical (unpaired) electrons. The highest BCUT2D eigenvalue weighted by Crippen LogP contribution is 2.34. The maximum Gasteiger partial charge on any atom is 0.416 e. The van der Waals surface area contributed by atoms with Crippen molar-refractivity contribution in [2.24, 2.45) is 0 Å². The van der Waals surface area contributed by atoms with Gasteiger partial charge >= 0.3 is 6.18 Å². The van der Waals surface area contributed by atoms with Crippen LogP contribution in [0.4, 0.5) is 18.9 Å². The first kappa shape index (κ1) is 37.2. The topological polar surface area (TPSA) is 86.8 Å². The van der Waals surface area contributed by atoms with Crippen molar-refractivity contribution in [3.63, 3.8) is 0 Å². The first-order valence-electron chi connectivity index (χ1n) is 16.1. The molecule has 4 aromatic carbocycles. The van der Waals surface area contributed by atoms with Crippen molar-refractivity contribution in [1.29, 1.82) is 0 Å². The number of nitrogens with one attached hydrogen (secondary N) is 1. The minimum atomic E-state index is -4.78. The maximum atomic E-state index is 14.6. The molecule has 1 saturated carbocycles. The van der Waals surface area contributed by atoms with Crippen LogP contribution in [0.1, 0.15) is 47.9 Å². The zero-order valence-corrected chi connectivity index (χ0v) is 29.5. The highest BCUT2D eigenvalue weighted by atomic mass is 35.5. The van der Waals surface area contributed by atoms with E-state index in [9.17, 15) is 31.2 Å². The molecule has 1 aliphatic rings. The summed E-state index contributed by atoms with van der Waals surface area (Å²) in [6, 6.07) is 22.0. The van der Waals surface area contributed by atoms with E-state index >= 15 is 0 Å². The number of carbonyl (C=O) groups excluding carboxylic acids is 2. The molecule has 1 atom stereocenters. The van der Waals surface area contributed by atoms with Crippen molar-refractivity contribution in [2.45, 2.75) is 68.7 Å². The maximum absolute atomic E-state index is 14.6. The van der Waals surface area contributed by atoms with Gasteiger partial charge in [0.05, 0.1) is 16.1 Å². The van der Waals surface area contributed by atoms with Crippen molar-refractivity contribution in [3.8, 4) is 0 Å². The van der Waals surface area contributed by atoms with Gasteiger partial charge in [-0.1, -0.05) is 96.2 Å². The summed E-state index contributed by atoms with van der Waals surface area (Å²) in [5.41, 5.74) is 0.473. The molecule has 1 aliphatic carbocycles. The second-order valence-electron chi connectivity index (χ2n) is 12.3. The van der Waals surface area contributed by atoms with Crippen molar-refractivity contribution >= 4 is 50.7 Å². The minimum Gasteiger partial charge on any atom is -0.352 e. The van der Waals surface area contributed by atoms with E-state index in [1.54, 1.807) is 43.3 Å². The molecular formula is C37H36Cl2F3N3O4S. The fraction of sp³-hybridized carbons (Fsp3) is 0.297. The summed E-state index contributed by atoms with van der Waals surface area (Å²) in [4.78, 5) is 29.8. The molecule has 0 saturated heterocycles. The van der Waals surface area contributed by atoms with Crippen LogP contribution in [0.5, 0.6) is 0 Å². The Balaban J connectivity index is 1.61. The number of hydrogen-bond acceptors (Lipinski definition) is 4. The van der Waals surface area contributed by atoms with Crippen LogP contribution in [0.15, 0.2) is 102 Å². The number of alkyl halides is 3. The summed E-state index contributed by atoms with van der Waals surface area (Å²) in [7, 11) is -4.60. The van der Waals surface area contributed by atoms with Gasteiger partial charge in [0.2, 0.25) is 11.8 Å². The number of hydrogen-bond donors (Lipinski definition) is 1. The Morgan fingerprint density at radius 3 is 2.22 bits per heavy atom. The van der Waals surface area contributed by atoms with Crippen LogP contribution >= 0.6 is 23.2 Å². The van der Waals surface area contributed by atoms with Crippen LogP contribution in [0, 0.1) is 6.92 Å². The summed E-state index contributed by atoms with van der Waals surface area (Å²) in [6.07, 6.45) is -1.27. The van der Waals surface area contributed by atoms with E-state index in [1.165, 1.54) is 29.2 Å². The zero-order chi connectivity index (χ0) is 36.1. The number of rotatable bonds is 12. The number of carbonyl (C=O) groups is 2. The molecule has 0 aliphatic heterocycles. The monoisotopic (exact) mass is 745 g/mol. The van der Waals surface area contributed by atoms with Gasteiger partial charge in [-0.3, -0.25) is 13.9 Å². The molecule has 0 spiro atoms. The number of amides is 2. The Morgan fingerprint density at radius 1 is 0.900 bits per heavy atom. The Labute approximate surface area is 300 Å². The predicted molar refractivity (Wildman–Crippen MR) is 188 cm³/mol. The van der Waals surface area contributed by atoms with E-state index in [2.05, 4.69) is 5.32 Å². The number of halogens is 5. The average molecular weight is 747 g/mol. The highest BCUT2D eigenvalue weighted by molar-refractivity contribution is 7.92. The van der Waals surface area contributed by atoms with E-state index in [4.69, 9.17) is 23.2 Å². The lowest BCUT2D eigenvalue weighted by Gasteiger charge is -2.34. The second-order valence-corrected chi connectivity index (χ2v) is 15.0. The lowest BCUT2D eigenvalue weighted by Crippen LogP contribution is -2.54. The Kier molecular flexibility index (Phi) is 11.8. The quantitative estimate of drug-likeness (QED) is 0.158. The summed E-state index contributed by atoms with van der Waals surface area (Å²) in [6.45, 7) is 0.629. The highest BCUT2D eigenvalue weighted by Gasteiger charge is 2.37. The lowest BCUT2D eigenvalue weighted by molar-refractivity contribution is -0.140. The van der Waals surface area contributed by atoms with E-state index in [0.29, 0.717) is 21.0 Å². The molecule has 1 N–H and O–H groups in total. The summed E-state index contributed by atoms with van der Waals surface area (Å²) in [5.74, 6) is -1.27. The van der Waals surface area contributed by atoms with Gasteiger partial charge in [-0.2, -0.15) is 13.2 Å². The summed E-state index contributed by atoms with van der Waals surface area (Å²) >= 11 is 12.7. The third kappa shape index (κ3) is 9.18. The van der Waals surface area contributed by atoms with Gasteiger partial charge in [-0.25, -0.2) is 8.42 Å². The second kappa shape index (κ2) is 15.9. The fourth-order valence-corrected chi connectivity index (χ4v) is 7.83. The van der Waals surface area contributed by atoms with Crippen LogP contribution in [0.3, 0.4) is 0 Å². The van der Waals surface area contributed by atoms with E-state index in [0.717, 1.165) is 48.9 Å². The number of anilines is 1. The molecule has 2 amide bonds. The number of aryl methyl sites for hydroxylation is 1. The molecule has 0 bridgehead atoms. The van der Waals surface area contributed by atoms with Gasteiger partial charge in [0.15, 0.2) is 0 Å². The number of nitrogens with zero attached hydrogens (tertiary/aromatic N) is 2. The largest absolute Gasteiger partial charge is 0.416 e. The molecule has 13 heteroatoms. The van der Waals surface area contributed by atoms with Crippen molar-refractivity contribution in [3.05, 3.63) is 129 Å². The van der Waals surface area contributed by atoms with Gasteiger partial charge in [0.25, 0.3) is 10.0 Å². The van der Waals surface area contributed by atoms with Gasteiger partial charge in [0.1, 0.15) is 12.6 Å². The Morgan fingerprint density at radius 2 is 1.58 bits per heavy atom. The molecule has 7 nitrogen and oxygen atoms in total. The molecule has 0 unspecified atom stereocenters. The number of sulfonamides is 1. The predicted octanol–water partition coefficient (Wildman–Crippen LogP) is 8.21. The Bertz CT molecular complexity index is 1920. The van der Waals surface area contributed by atoms with Crippen LogP contribution < -0.4 is 9.62 Å². The lowest BCUT2D eigenvalue weighted by atomic mass is 10.0.